The third-order valence-corrected chi connectivity index (χ3v) is 5.32. The predicted molar refractivity (Wildman–Crippen MR) is 118 cm³/mol. The van der Waals surface area contributed by atoms with Crippen LogP contribution in [0.1, 0.15) is 48.5 Å². The highest BCUT2D eigenvalue weighted by atomic mass is 16.5. The van der Waals surface area contributed by atoms with Gasteiger partial charge in [0.1, 0.15) is 0 Å². The van der Waals surface area contributed by atoms with Crippen LogP contribution in [0.3, 0.4) is 0 Å². The molecule has 148 valence electrons. The van der Waals surface area contributed by atoms with Gasteiger partial charge in [0.05, 0.1) is 12.7 Å². The van der Waals surface area contributed by atoms with Gasteiger partial charge in [-0.1, -0.05) is 48.5 Å². The smallest absolute Gasteiger partial charge is 0.185 e. The van der Waals surface area contributed by atoms with E-state index >= 15 is 0 Å². The monoisotopic (exact) mass is 386 g/mol. The van der Waals surface area contributed by atoms with E-state index in [1.54, 1.807) is 6.08 Å². The Morgan fingerprint density at radius 3 is 2.55 bits per heavy atom. The summed E-state index contributed by atoms with van der Waals surface area (Å²) in [6.45, 7) is 2.54. The maximum Gasteiger partial charge on any atom is 0.185 e. The molecule has 3 aromatic rings. The van der Waals surface area contributed by atoms with E-state index in [-0.39, 0.29) is 11.9 Å². The van der Waals surface area contributed by atoms with Crippen LogP contribution in [0.5, 0.6) is 11.5 Å². The molecule has 0 saturated heterocycles. The van der Waals surface area contributed by atoms with Crippen LogP contribution in [-0.2, 0) is 0 Å². The summed E-state index contributed by atoms with van der Waals surface area (Å²) >= 11 is 0. The van der Waals surface area contributed by atoms with Gasteiger partial charge in [0.2, 0.25) is 0 Å². The molecule has 0 bridgehead atoms. The lowest BCUT2D eigenvalue weighted by Gasteiger charge is -2.17. The van der Waals surface area contributed by atoms with Crippen molar-refractivity contribution in [3.63, 3.8) is 0 Å². The Balaban J connectivity index is 1.51. The Labute approximate surface area is 172 Å². The Kier molecular flexibility index (Phi) is 5.95. The maximum absolute atomic E-state index is 12.6. The van der Waals surface area contributed by atoms with E-state index in [1.807, 2.05) is 73.7 Å². The highest BCUT2D eigenvalue weighted by Gasteiger charge is 2.18. The van der Waals surface area contributed by atoms with E-state index in [0.29, 0.717) is 12.2 Å². The summed E-state index contributed by atoms with van der Waals surface area (Å²) in [7, 11) is 0. The third-order valence-electron chi connectivity index (χ3n) is 5.32. The second-order valence-corrected chi connectivity index (χ2v) is 7.42. The van der Waals surface area contributed by atoms with Gasteiger partial charge < -0.3 is 9.47 Å². The minimum Gasteiger partial charge on any atom is -0.490 e. The summed E-state index contributed by atoms with van der Waals surface area (Å²) < 4.78 is 11.9. The van der Waals surface area contributed by atoms with Crippen molar-refractivity contribution < 1.29 is 14.3 Å². The average Bonchev–Trinajstić information content (AvgIpc) is 3.26. The molecule has 0 atom stereocenters. The standard InChI is InChI=1S/C26H26O3/c1-2-28-26-17-19(12-16-25(26)29-23-9-5-6-10-23)11-15-24(27)22-14-13-20-7-3-4-8-21(20)18-22/h3-4,7-8,11-18,23H,2,5-6,9-10H2,1H3/b15-11+. The number of hydrogen-bond acceptors (Lipinski definition) is 3. The van der Waals surface area contributed by atoms with Gasteiger partial charge in [-0.15, -0.1) is 0 Å². The molecule has 0 radical (unpaired) electrons. The van der Waals surface area contributed by atoms with Crippen LogP contribution in [0.15, 0.2) is 66.7 Å². The highest BCUT2D eigenvalue weighted by molar-refractivity contribution is 6.08. The topological polar surface area (TPSA) is 35.5 Å². The molecule has 0 aliphatic heterocycles. The number of ketones is 1. The second kappa shape index (κ2) is 8.95. The molecular weight excluding hydrogens is 360 g/mol. The van der Waals surface area contributed by atoms with Crippen LogP contribution in [0.25, 0.3) is 16.8 Å². The van der Waals surface area contributed by atoms with Crippen LogP contribution in [0, 0.1) is 0 Å². The van der Waals surface area contributed by atoms with Crippen molar-refractivity contribution in [1.82, 2.24) is 0 Å². The molecule has 3 heteroatoms. The average molecular weight is 386 g/mol. The van der Waals surface area contributed by atoms with E-state index in [0.717, 1.165) is 40.7 Å². The van der Waals surface area contributed by atoms with Crippen molar-refractivity contribution in [2.75, 3.05) is 6.61 Å². The molecule has 4 rings (SSSR count). The van der Waals surface area contributed by atoms with Crippen LogP contribution in [0.4, 0.5) is 0 Å². The van der Waals surface area contributed by atoms with Crippen molar-refractivity contribution in [2.45, 2.75) is 38.7 Å². The molecule has 29 heavy (non-hydrogen) atoms. The van der Waals surface area contributed by atoms with E-state index in [9.17, 15) is 4.79 Å². The number of fused-ring (bicyclic) bond motifs is 1. The molecular formula is C26H26O3. The first-order valence-corrected chi connectivity index (χ1v) is 10.4. The zero-order chi connectivity index (χ0) is 20.1. The number of allylic oxidation sites excluding steroid dienone is 1. The summed E-state index contributed by atoms with van der Waals surface area (Å²) in [6, 6.07) is 19.7. The number of hydrogen-bond donors (Lipinski definition) is 0. The van der Waals surface area contributed by atoms with Crippen molar-refractivity contribution in [1.29, 1.82) is 0 Å². The number of carbonyl (C=O) groups excluding carboxylic acids is 1. The molecule has 0 N–H and O–H groups in total. The molecule has 0 heterocycles. The lowest BCUT2D eigenvalue weighted by Crippen LogP contribution is -2.11. The largest absolute Gasteiger partial charge is 0.490 e. The van der Waals surface area contributed by atoms with Gasteiger partial charge in [0.25, 0.3) is 0 Å². The quantitative estimate of drug-likeness (QED) is 0.345. The van der Waals surface area contributed by atoms with Crippen LogP contribution >= 0.6 is 0 Å². The van der Waals surface area contributed by atoms with Gasteiger partial charge in [-0.3, -0.25) is 4.79 Å². The second-order valence-electron chi connectivity index (χ2n) is 7.42. The molecule has 0 amide bonds. The lowest BCUT2D eigenvalue weighted by molar-refractivity contribution is 0.104. The van der Waals surface area contributed by atoms with Crippen LogP contribution < -0.4 is 9.47 Å². The first kappa shape index (κ1) is 19.3. The summed E-state index contributed by atoms with van der Waals surface area (Å²) in [5.74, 6) is 1.51. The van der Waals surface area contributed by atoms with Gasteiger partial charge in [-0.2, -0.15) is 0 Å². The SMILES string of the molecule is CCOc1cc(/C=C/C(=O)c2ccc3ccccc3c2)ccc1OC1CCCC1. The first-order chi connectivity index (χ1) is 14.2. The van der Waals surface area contributed by atoms with Gasteiger partial charge >= 0.3 is 0 Å². The summed E-state index contributed by atoms with van der Waals surface area (Å²) in [5, 5.41) is 2.20. The molecule has 3 aromatic carbocycles. The van der Waals surface area contributed by atoms with Gasteiger partial charge in [0.15, 0.2) is 17.3 Å². The minimum absolute atomic E-state index is 0.0139. The molecule has 0 spiro atoms. The number of carbonyl (C=O) groups is 1. The Bertz CT molecular complexity index is 1030. The van der Waals surface area contributed by atoms with Gasteiger partial charge in [-0.25, -0.2) is 0 Å². The maximum atomic E-state index is 12.6. The number of benzene rings is 3. The van der Waals surface area contributed by atoms with Crippen molar-refractivity contribution in [3.8, 4) is 11.5 Å². The third kappa shape index (κ3) is 4.68. The fourth-order valence-corrected chi connectivity index (χ4v) is 3.79. The Morgan fingerprint density at radius 2 is 1.76 bits per heavy atom. The summed E-state index contributed by atoms with van der Waals surface area (Å²) in [5.41, 5.74) is 1.60. The lowest BCUT2D eigenvalue weighted by atomic mass is 10.0. The predicted octanol–water partition coefficient (Wildman–Crippen LogP) is 6.46. The van der Waals surface area contributed by atoms with Crippen molar-refractivity contribution >= 4 is 22.6 Å². The fraction of sp³-hybridized carbons (Fsp3) is 0.269. The number of ether oxygens (including phenoxy) is 2. The molecule has 0 unspecified atom stereocenters. The summed E-state index contributed by atoms with van der Waals surface area (Å²) in [6.07, 6.45) is 8.40. The molecule has 0 aromatic heterocycles. The van der Waals surface area contributed by atoms with E-state index in [2.05, 4.69) is 0 Å². The molecule has 1 saturated carbocycles. The Morgan fingerprint density at radius 1 is 0.966 bits per heavy atom. The van der Waals surface area contributed by atoms with E-state index in [4.69, 9.17) is 9.47 Å². The van der Waals surface area contributed by atoms with E-state index < -0.39 is 0 Å². The van der Waals surface area contributed by atoms with E-state index in [1.165, 1.54) is 12.8 Å². The van der Waals surface area contributed by atoms with Crippen molar-refractivity contribution in [3.05, 3.63) is 77.9 Å². The molecule has 1 aliphatic carbocycles. The highest BCUT2D eigenvalue weighted by Crippen LogP contribution is 2.33. The van der Waals surface area contributed by atoms with Gasteiger partial charge in [0, 0.05) is 5.56 Å². The number of rotatable bonds is 7. The fourth-order valence-electron chi connectivity index (χ4n) is 3.79. The van der Waals surface area contributed by atoms with Gasteiger partial charge in [-0.05, 0) is 73.2 Å². The normalized spacial score (nSPS) is 14.5. The first-order valence-electron chi connectivity index (χ1n) is 10.4. The molecule has 1 aliphatic rings. The molecule has 1 fully saturated rings. The minimum atomic E-state index is -0.0139. The van der Waals surface area contributed by atoms with Crippen molar-refractivity contribution in [2.24, 2.45) is 0 Å². The van der Waals surface area contributed by atoms with Crippen LogP contribution in [-0.4, -0.2) is 18.5 Å². The Hall–Kier alpha value is -3.07. The zero-order valence-corrected chi connectivity index (χ0v) is 16.8. The molecule has 3 nitrogen and oxygen atoms in total. The zero-order valence-electron chi connectivity index (χ0n) is 16.8. The van der Waals surface area contributed by atoms with Crippen LogP contribution in [0.2, 0.25) is 0 Å². The summed E-state index contributed by atoms with van der Waals surface area (Å²) in [4.78, 5) is 12.6.